The molecule has 0 unspecified atom stereocenters. The van der Waals surface area contributed by atoms with E-state index in [1.807, 2.05) is 42.5 Å². The van der Waals surface area contributed by atoms with Crippen molar-refractivity contribution >= 4 is 17.5 Å². The largest absolute Gasteiger partial charge is 0.497 e. The van der Waals surface area contributed by atoms with Crippen LogP contribution in [0.15, 0.2) is 54.6 Å². The fraction of sp³-hybridized carbons (Fsp3) is 0.417. The number of ether oxygens (including phenoxy) is 1. The zero-order chi connectivity index (χ0) is 21.9. The van der Waals surface area contributed by atoms with Gasteiger partial charge in [-0.1, -0.05) is 30.3 Å². The van der Waals surface area contributed by atoms with Crippen molar-refractivity contribution in [1.82, 2.24) is 15.5 Å². The molecule has 0 radical (unpaired) electrons. The van der Waals surface area contributed by atoms with Gasteiger partial charge in [0.05, 0.1) is 7.11 Å². The standard InChI is InChI=1S/C24H32N4O3/c1-31-22-10-8-21(9-11-22)28-18-16-27(17-19-28)15-5-13-25-23(29)24(30)26-14-12-20-6-3-2-4-7-20/h2-4,6-11H,5,12-19H2,1H3,(H,25,29)(H,26,30). The second kappa shape index (κ2) is 12.0. The van der Waals surface area contributed by atoms with E-state index in [-0.39, 0.29) is 0 Å². The van der Waals surface area contributed by atoms with Gasteiger partial charge in [-0.05, 0) is 49.2 Å². The van der Waals surface area contributed by atoms with Crippen LogP contribution in [0.4, 0.5) is 5.69 Å². The molecule has 1 aliphatic rings. The van der Waals surface area contributed by atoms with Crippen molar-refractivity contribution in [3.8, 4) is 5.75 Å². The number of nitrogens with one attached hydrogen (secondary N) is 2. The third kappa shape index (κ3) is 7.29. The van der Waals surface area contributed by atoms with E-state index in [1.165, 1.54) is 5.69 Å². The van der Waals surface area contributed by atoms with Gasteiger partial charge in [0, 0.05) is 45.0 Å². The normalized spacial score (nSPS) is 14.2. The minimum absolute atomic E-state index is 0.453. The fourth-order valence-electron chi connectivity index (χ4n) is 3.65. The smallest absolute Gasteiger partial charge is 0.309 e. The zero-order valence-electron chi connectivity index (χ0n) is 18.2. The molecule has 1 saturated heterocycles. The molecule has 166 valence electrons. The van der Waals surface area contributed by atoms with Gasteiger partial charge in [-0.15, -0.1) is 0 Å². The molecule has 1 heterocycles. The molecule has 0 saturated carbocycles. The molecule has 0 aromatic heterocycles. The van der Waals surface area contributed by atoms with Crippen molar-refractivity contribution in [2.75, 3.05) is 57.8 Å². The number of piperazine rings is 1. The number of hydrogen-bond donors (Lipinski definition) is 2. The second-order valence-electron chi connectivity index (χ2n) is 7.63. The average Bonchev–Trinajstić information content (AvgIpc) is 2.83. The van der Waals surface area contributed by atoms with Crippen molar-refractivity contribution in [2.24, 2.45) is 0 Å². The summed E-state index contributed by atoms with van der Waals surface area (Å²) in [5.74, 6) is -0.254. The van der Waals surface area contributed by atoms with E-state index in [2.05, 4.69) is 32.6 Å². The Bertz CT molecular complexity index is 818. The third-order valence-corrected chi connectivity index (χ3v) is 5.49. The summed E-state index contributed by atoms with van der Waals surface area (Å²) >= 11 is 0. The Balaban J connectivity index is 1.26. The van der Waals surface area contributed by atoms with Gasteiger partial charge < -0.3 is 20.3 Å². The number of anilines is 1. The summed E-state index contributed by atoms with van der Waals surface area (Å²) in [4.78, 5) is 28.6. The molecular formula is C24H32N4O3. The lowest BCUT2D eigenvalue weighted by atomic mass is 10.1. The van der Waals surface area contributed by atoms with Crippen LogP contribution in [0.25, 0.3) is 0 Å². The van der Waals surface area contributed by atoms with Gasteiger partial charge in [-0.3, -0.25) is 14.5 Å². The zero-order valence-corrected chi connectivity index (χ0v) is 18.2. The van der Waals surface area contributed by atoms with Gasteiger partial charge in [0.25, 0.3) is 0 Å². The van der Waals surface area contributed by atoms with Gasteiger partial charge in [-0.2, -0.15) is 0 Å². The Hall–Kier alpha value is -3.06. The predicted molar refractivity (Wildman–Crippen MR) is 122 cm³/mol. The van der Waals surface area contributed by atoms with Gasteiger partial charge >= 0.3 is 11.8 Å². The van der Waals surface area contributed by atoms with E-state index < -0.39 is 11.8 Å². The topological polar surface area (TPSA) is 73.9 Å². The molecule has 0 spiro atoms. The summed E-state index contributed by atoms with van der Waals surface area (Å²) in [5.41, 5.74) is 2.35. The van der Waals surface area contributed by atoms with Gasteiger partial charge in [0.15, 0.2) is 0 Å². The number of amides is 2. The molecule has 31 heavy (non-hydrogen) atoms. The Labute approximate surface area is 184 Å². The van der Waals surface area contributed by atoms with Crippen molar-refractivity contribution in [2.45, 2.75) is 12.8 Å². The summed E-state index contributed by atoms with van der Waals surface area (Å²) in [5, 5.41) is 5.39. The maximum atomic E-state index is 11.9. The molecule has 2 aromatic carbocycles. The quantitative estimate of drug-likeness (QED) is 0.473. The number of nitrogens with zero attached hydrogens (tertiary/aromatic N) is 2. The Morgan fingerprint density at radius 1 is 0.871 bits per heavy atom. The van der Waals surface area contributed by atoms with Crippen LogP contribution < -0.4 is 20.3 Å². The molecule has 2 N–H and O–H groups in total. The maximum absolute atomic E-state index is 11.9. The summed E-state index contributed by atoms with van der Waals surface area (Å²) in [6, 6.07) is 18.0. The number of methoxy groups -OCH3 is 1. The van der Waals surface area contributed by atoms with Crippen molar-refractivity contribution in [3.05, 3.63) is 60.2 Å². The van der Waals surface area contributed by atoms with E-state index in [9.17, 15) is 9.59 Å². The van der Waals surface area contributed by atoms with E-state index in [0.29, 0.717) is 19.5 Å². The summed E-state index contributed by atoms with van der Waals surface area (Å²) in [7, 11) is 1.68. The second-order valence-corrected chi connectivity index (χ2v) is 7.63. The van der Waals surface area contributed by atoms with Gasteiger partial charge in [0.1, 0.15) is 5.75 Å². The predicted octanol–water partition coefficient (Wildman–Crippen LogP) is 1.68. The van der Waals surface area contributed by atoms with Crippen LogP contribution in [0.2, 0.25) is 0 Å². The lowest BCUT2D eigenvalue weighted by Gasteiger charge is -2.36. The van der Waals surface area contributed by atoms with E-state index in [1.54, 1.807) is 7.11 Å². The van der Waals surface area contributed by atoms with Crippen molar-refractivity contribution in [1.29, 1.82) is 0 Å². The first-order valence-corrected chi connectivity index (χ1v) is 10.9. The van der Waals surface area contributed by atoms with Crippen LogP contribution in [-0.2, 0) is 16.0 Å². The Morgan fingerprint density at radius 2 is 1.52 bits per heavy atom. The molecule has 2 amide bonds. The lowest BCUT2D eigenvalue weighted by Crippen LogP contribution is -2.47. The number of hydrogen-bond acceptors (Lipinski definition) is 5. The number of carbonyl (C=O) groups is 2. The molecule has 0 aliphatic carbocycles. The molecule has 7 nitrogen and oxygen atoms in total. The van der Waals surface area contributed by atoms with Crippen LogP contribution in [0.3, 0.4) is 0 Å². The van der Waals surface area contributed by atoms with Crippen LogP contribution in [0.1, 0.15) is 12.0 Å². The fourth-order valence-corrected chi connectivity index (χ4v) is 3.65. The number of carbonyl (C=O) groups excluding carboxylic acids is 2. The molecule has 0 bridgehead atoms. The van der Waals surface area contributed by atoms with Gasteiger partial charge in [0.2, 0.25) is 0 Å². The summed E-state index contributed by atoms with van der Waals surface area (Å²) in [6.07, 6.45) is 1.54. The maximum Gasteiger partial charge on any atom is 0.309 e. The monoisotopic (exact) mass is 424 g/mol. The highest BCUT2D eigenvalue weighted by Gasteiger charge is 2.17. The van der Waals surface area contributed by atoms with Crippen LogP contribution >= 0.6 is 0 Å². The van der Waals surface area contributed by atoms with Crippen LogP contribution in [0.5, 0.6) is 5.75 Å². The highest BCUT2D eigenvalue weighted by molar-refractivity contribution is 6.35. The van der Waals surface area contributed by atoms with E-state index >= 15 is 0 Å². The first kappa shape index (κ1) is 22.6. The first-order chi connectivity index (χ1) is 15.2. The Morgan fingerprint density at radius 3 is 2.16 bits per heavy atom. The SMILES string of the molecule is COc1ccc(N2CCN(CCCNC(=O)C(=O)NCCc3ccccc3)CC2)cc1. The van der Waals surface area contributed by atoms with E-state index in [0.717, 1.165) is 50.5 Å². The highest BCUT2D eigenvalue weighted by Crippen LogP contribution is 2.20. The molecule has 7 heteroatoms. The summed E-state index contributed by atoms with van der Waals surface area (Å²) < 4.78 is 5.22. The number of rotatable bonds is 9. The molecule has 1 aliphatic heterocycles. The third-order valence-electron chi connectivity index (χ3n) is 5.49. The van der Waals surface area contributed by atoms with Gasteiger partial charge in [-0.25, -0.2) is 0 Å². The van der Waals surface area contributed by atoms with Crippen molar-refractivity contribution in [3.63, 3.8) is 0 Å². The molecule has 3 rings (SSSR count). The minimum atomic E-state index is -0.566. The number of benzene rings is 2. The molecule has 2 aromatic rings. The first-order valence-electron chi connectivity index (χ1n) is 10.9. The molecule has 1 fully saturated rings. The van der Waals surface area contributed by atoms with Crippen LogP contribution in [-0.4, -0.2) is 69.6 Å². The lowest BCUT2D eigenvalue weighted by molar-refractivity contribution is -0.139. The average molecular weight is 425 g/mol. The highest BCUT2D eigenvalue weighted by atomic mass is 16.5. The Kier molecular flexibility index (Phi) is 8.72. The van der Waals surface area contributed by atoms with E-state index in [4.69, 9.17) is 4.74 Å². The molecule has 0 atom stereocenters. The van der Waals surface area contributed by atoms with Crippen LogP contribution in [0, 0.1) is 0 Å². The molecular weight excluding hydrogens is 392 g/mol. The minimum Gasteiger partial charge on any atom is -0.497 e. The summed E-state index contributed by atoms with van der Waals surface area (Å²) in [6.45, 7) is 5.79. The van der Waals surface area contributed by atoms with Crippen molar-refractivity contribution < 1.29 is 14.3 Å².